The zero-order valence-electron chi connectivity index (χ0n) is 10.5. The Morgan fingerprint density at radius 2 is 1.81 bits per heavy atom. The third-order valence-corrected chi connectivity index (χ3v) is 3.01. The first kappa shape index (κ1) is 13.8. The molecule has 1 aliphatic heterocycles. The molecule has 1 heterocycles. The maximum absolute atomic E-state index is 12.0. The second-order valence-electron chi connectivity index (χ2n) is 5.75. The average Bonchev–Trinajstić information content (AvgIpc) is 2.14. The smallest absolute Gasteiger partial charge is 0.320 e. The number of nitrogens with zero attached hydrogens (tertiary/aromatic N) is 1. The first-order valence-electron chi connectivity index (χ1n) is 6.03. The Hall–Kier alpha value is -0.220. The molecule has 0 aromatic heterocycles. The summed E-state index contributed by atoms with van der Waals surface area (Å²) in [7, 11) is 0. The van der Waals surface area contributed by atoms with Crippen molar-refractivity contribution in [3.8, 4) is 0 Å². The minimum Gasteiger partial charge on any atom is -0.320 e. The van der Waals surface area contributed by atoms with Gasteiger partial charge in [-0.2, -0.15) is 8.78 Å². The Morgan fingerprint density at radius 1 is 1.25 bits per heavy atom. The zero-order chi connectivity index (χ0) is 12.2. The van der Waals surface area contributed by atoms with Crippen molar-refractivity contribution in [1.82, 2.24) is 4.90 Å². The van der Waals surface area contributed by atoms with Crippen LogP contribution in [-0.2, 0) is 4.74 Å². The molecule has 0 bridgehead atoms. The number of rotatable bonds is 4. The van der Waals surface area contributed by atoms with Crippen LogP contribution in [0.25, 0.3) is 0 Å². The highest BCUT2D eigenvalue weighted by atomic mass is 19.3. The molecule has 0 N–H and O–H groups in total. The van der Waals surface area contributed by atoms with Crippen molar-refractivity contribution in [3.63, 3.8) is 0 Å². The molecule has 0 aliphatic carbocycles. The van der Waals surface area contributed by atoms with Crippen molar-refractivity contribution in [2.45, 2.75) is 52.7 Å². The molecule has 0 aromatic carbocycles. The standard InChI is InChI=1S/C12H23F2NO/c1-12(2,3)6-9-15-7-4-10(5-8-15)16-11(13)14/h10-11H,4-9H2,1-3H3. The van der Waals surface area contributed by atoms with E-state index in [1.165, 1.54) is 0 Å². The molecule has 2 nitrogen and oxygen atoms in total. The monoisotopic (exact) mass is 235 g/mol. The van der Waals surface area contributed by atoms with Crippen LogP contribution in [0.15, 0.2) is 0 Å². The quantitative estimate of drug-likeness (QED) is 0.742. The van der Waals surface area contributed by atoms with Gasteiger partial charge in [0, 0.05) is 13.1 Å². The predicted molar refractivity (Wildman–Crippen MR) is 60.6 cm³/mol. The van der Waals surface area contributed by atoms with Crippen molar-refractivity contribution in [2.24, 2.45) is 5.41 Å². The van der Waals surface area contributed by atoms with E-state index < -0.39 is 6.61 Å². The molecule has 0 saturated carbocycles. The van der Waals surface area contributed by atoms with Gasteiger partial charge >= 0.3 is 6.61 Å². The summed E-state index contributed by atoms with van der Waals surface area (Å²) in [5, 5.41) is 0. The first-order chi connectivity index (χ1) is 7.37. The molecule has 0 radical (unpaired) electrons. The largest absolute Gasteiger partial charge is 0.345 e. The lowest BCUT2D eigenvalue weighted by Gasteiger charge is -2.33. The number of likely N-dealkylation sites (tertiary alicyclic amines) is 1. The molecule has 0 amide bonds. The van der Waals surface area contributed by atoms with E-state index in [0.29, 0.717) is 5.41 Å². The van der Waals surface area contributed by atoms with E-state index in [2.05, 4.69) is 30.4 Å². The zero-order valence-corrected chi connectivity index (χ0v) is 10.5. The average molecular weight is 235 g/mol. The van der Waals surface area contributed by atoms with E-state index in [4.69, 9.17) is 0 Å². The molecular weight excluding hydrogens is 212 g/mol. The number of ether oxygens (including phenoxy) is 1. The van der Waals surface area contributed by atoms with Crippen LogP contribution in [0.5, 0.6) is 0 Å². The second kappa shape index (κ2) is 5.92. The fourth-order valence-corrected chi connectivity index (χ4v) is 1.91. The highest BCUT2D eigenvalue weighted by Crippen LogP contribution is 2.21. The van der Waals surface area contributed by atoms with Crippen LogP contribution >= 0.6 is 0 Å². The molecule has 16 heavy (non-hydrogen) atoms. The van der Waals surface area contributed by atoms with E-state index in [9.17, 15) is 8.78 Å². The van der Waals surface area contributed by atoms with Crippen LogP contribution in [0.2, 0.25) is 0 Å². The topological polar surface area (TPSA) is 12.5 Å². The number of hydrogen-bond donors (Lipinski definition) is 0. The lowest BCUT2D eigenvalue weighted by atomic mass is 9.91. The van der Waals surface area contributed by atoms with Gasteiger partial charge in [0.15, 0.2) is 0 Å². The van der Waals surface area contributed by atoms with Gasteiger partial charge in [-0.1, -0.05) is 20.8 Å². The Labute approximate surface area is 97.0 Å². The van der Waals surface area contributed by atoms with Crippen molar-refractivity contribution in [3.05, 3.63) is 0 Å². The SMILES string of the molecule is CC(C)(C)CCN1CCC(OC(F)F)CC1. The Kier molecular flexibility index (Phi) is 5.12. The lowest BCUT2D eigenvalue weighted by Crippen LogP contribution is -2.39. The maximum Gasteiger partial charge on any atom is 0.345 e. The predicted octanol–water partition coefficient (Wildman–Crippen LogP) is 3.13. The maximum atomic E-state index is 12.0. The molecule has 0 aromatic rings. The Balaban J connectivity index is 2.17. The minimum absolute atomic E-state index is 0.245. The fraction of sp³-hybridized carbons (Fsp3) is 1.00. The van der Waals surface area contributed by atoms with Crippen molar-refractivity contribution in [1.29, 1.82) is 0 Å². The third-order valence-electron chi connectivity index (χ3n) is 3.01. The normalized spacial score (nSPS) is 20.6. The first-order valence-corrected chi connectivity index (χ1v) is 6.03. The van der Waals surface area contributed by atoms with Crippen LogP contribution in [0.3, 0.4) is 0 Å². The molecule has 4 heteroatoms. The van der Waals surface area contributed by atoms with E-state index in [1.54, 1.807) is 0 Å². The van der Waals surface area contributed by atoms with E-state index in [1.807, 2.05) is 0 Å². The molecule has 1 aliphatic rings. The summed E-state index contributed by atoms with van der Waals surface area (Å²) < 4.78 is 28.5. The molecule has 1 saturated heterocycles. The highest BCUT2D eigenvalue weighted by Gasteiger charge is 2.23. The number of hydrogen-bond acceptors (Lipinski definition) is 2. The summed E-state index contributed by atoms with van der Waals surface area (Å²) in [6.45, 7) is 6.87. The van der Waals surface area contributed by atoms with Gasteiger partial charge in [-0.3, -0.25) is 0 Å². The molecule has 0 atom stereocenters. The van der Waals surface area contributed by atoms with Gasteiger partial charge in [-0.25, -0.2) is 0 Å². The van der Waals surface area contributed by atoms with E-state index in [-0.39, 0.29) is 6.10 Å². The minimum atomic E-state index is -2.62. The van der Waals surface area contributed by atoms with Crippen molar-refractivity contribution < 1.29 is 13.5 Å². The summed E-state index contributed by atoms with van der Waals surface area (Å²) in [5.41, 5.74) is 0.344. The van der Waals surface area contributed by atoms with Crippen molar-refractivity contribution in [2.75, 3.05) is 19.6 Å². The van der Waals surface area contributed by atoms with Crippen LogP contribution in [0, 0.1) is 5.41 Å². The van der Waals surface area contributed by atoms with Crippen LogP contribution < -0.4 is 0 Å². The van der Waals surface area contributed by atoms with Gasteiger partial charge in [0.25, 0.3) is 0 Å². The molecule has 1 fully saturated rings. The molecule has 0 spiro atoms. The number of alkyl halides is 2. The summed E-state index contributed by atoms with van der Waals surface area (Å²) in [6.07, 6.45) is 2.36. The van der Waals surface area contributed by atoms with Gasteiger partial charge in [-0.05, 0) is 31.2 Å². The number of piperidine rings is 1. The Morgan fingerprint density at radius 3 is 2.25 bits per heavy atom. The molecule has 1 rings (SSSR count). The fourth-order valence-electron chi connectivity index (χ4n) is 1.91. The molecule has 96 valence electrons. The van der Waals surface area contributed by atoms with Gasteiger partial charge < -0.3 is 9.64 Å². The van der Waals surface area contributed by atoms with E-state index >= 15 is 0 Å². The van der Waals surface area contributed by atoms with Crippen LogP contribution in [-0.4, -0.2) is 37.2 Å². The number of halogens is 2. The summed E-state index contributed by atoms with van der Waals surface area (Å²) in [4.78, 5) is 2.34. The molecule has 0 unspecified atom stereocenters. The van der Waals surface area contributed by atoms with Crippen LogP contribution in [0.4, 0.5) is 8.78 Å². The third kappa shape index (κ3) is 5.75. The second-order valence-corrected chi connectivity index (χ2v) is 5.75. The molecular formula is C12H23F2NO. The summed E-state index contributed by atoms with van der Waals surface area (Å²) in [6, 6.07) is 0. The van der Waals surface area contributed by atoms with Gasteiger partial charge in [-0.15, -0.1) is 0 Å². The van der Waals surface area contributed by atoms with E-state index in [0.717, 1.165) is 38.9 Å². The summed E-state index contributed by atoms with van der Waals surface area (Å²) in [5.74, 6) is 0. The summed E-state index contributed by atoms with van der Waals surface area (Å²) >= 11 is 0. The lowest BCUT2D eigenvalue weighted by molar-refractivity contribution is -0.172. The highest BCUT2D eigenvalue weighted by molar-refractivity contribution is 4.74. The van der Waals surface area contributed by atoms with Gasteiger partial charge in [0.05, 0.1) is 6.10 Å². The Bertz CT molecular complexity index is 196. The van der Waals surface area contributed by atoms with Gasteiger partial charge in [0.1, 0.15) is 0 Å². The van der Waals surface area contributed by atoms with Gasteiger partial charge in [0.2, 0.25) is 0 Å². The van der Waals surface area contributed by atoms with Crippen molar-refractivity contribution >= 4 is 0 Å². The van der Waals surface area contributed by atoms with Crippen LogP contribution in [0.1, 0.15) is 40.0 Å².